The van der Waals surface area contributed by atoms with Crippen LogP contribution in [-0.4, -0.2) is 47.8 Å². The van der Waals surface area contributed by atoms with Crippen LogP contribution in [0.15, 0.2) is 22.6 Å². The molecule has 2 aliphatic rings. The van der Waals surface area contributed by atoms with Crippen LogP contribution in [0.5, 0.6) is 0 Å². The second-order valence-corrected chi connectivity index (χ2v) is 6.77. The van der Waals surface area contributed by atoms with Gasteiger partial charge < -0.3 is 14.2 Å². The first-order valence-electron chi connectivity index (χ1n) is 8.96. The van der Waals surface area contributed by atoms with Crippen molar-refractivity contribution in [1.82, 2.24) is 9.80 Å². The van der Waals surface area contributed by atoms with Crippen LogP contribution in [-0.2, 0) is 9.59 Å². The molecule has 2 heterocycles. The van der Waals surface area contributed by atoms with Crippen LogP contribution >= 0.6 is 0 Å². The Labute approximate surface area is 143 Å². The summed E-state index contributed by atoms with van der Waals surface area (Å²) in [4.78, 5) is 28.5. The van der Waals surface area contributed by atoms with Crippen molar-refractivity contribution < 1.29 is 14.0 Å². The molecule has 0 bridgehead atoms. The summed E-state index contributed by atoms with van der Waals surface area (Å²) in [5, 5.41) is 0. The molecule has 5 heteroatoms. The van der Waals surface area contributed by atoms with Crippen molar-refractivity contribution in [3.63, 3.8) is 0 Å². The van der Waals surface area contributed by atoms with Crippen molar-refractivity contribution in [2.45, 2.75) is 39.0 Å². The Morgan fingerprint density at radius 3 is 2.33 bits per heavy atom. The molecule has 1 aliphatic heterocycles. The highest BCUT2D eigenvalue weighted by Gasteiger charge is 2.29. The predicted molar refractivity (Wildman–Crippen MR) is 92.2 cm³/mol. The van der Waals surface area contributed by atoms with Crippen molar-refractivity contribution in [3.8, 4) is 0 Å². The highest BCUT2D eigenvalue weighted by Crippen LogP contribution is 2.25. The Bertz CT molecular complexity index is 606. The lowest BCUT2D eigenvalue weighted by molar-refractivity contribution is -0.141. The van der Waals surface area contributed by atoms with E-state index in [4.69, 9.17) is 4.42 Å². The number of amides is 2. The van der Waals surface area contributed by atoms with Crippen LogP contribution in [0.4, 0.5) is 0 Å². The van der Waals surface area contributed by atoms with Crippen molar-refractivity contribution in [1.29, 1.82) is 0 Å². The van der Waals surface area contributed by atoms with Crippen molar-refractivity contribution >= 4 is 17.9 Å². The number of aryl methyl sites for hydroxylation is 1. The van der Waals surface area contributed by atoms with Gasteiger partial charge in [0.05, 0.1) is 0 Å². The molecule has 130 valence electrons. The minimum absolute atomic E-state index is 0.0196. The molecule has 0 radical (unpaired) electrons. The zero-order valence-electron chi connectivity index (χ0n) is 14.4. The number of furan rings is 1. The Hall–Kier alpha value is -2.04. The van der Waals surface area contributed by atoms with Crippen LogP contribution in [0.25, 0.3) is 6.08 Å². The van der Waals surface area contributed by atoms with Crippen molar-refractivity contribution in [2.24, 2.45) is 5.92 Å². The molecule has 0 aromatic carbocycles. The third-order valence-corrected chi connectivity index (χ3v) is 5.01. The molecule has 2 amide bonds. The van der Waals surface area contributed by atoms with Gasteiger partial charge in [-0.15, -0.1) is 0 Å². The zero-order valence-corrected chi connectivity index (χ0v) is 14.4. The third kappa shape index (κ3) is 4.08. The molecule has 1 saturated carbocycles. The molecule has 0 atom stereocenters. The monoisotopic (exact) mass is 330 g/mol. The molecule has 0 spiro atoms. The Balaban J connectivity index is 1.48. The van der Waals surface area contributed by atoms with E-state index in [0.29, 0.717) is 37.8 Å². The van der Waals surface area contributed by atoms with Crippen molar-refractivity contribution in [3.05, 3.63) is 29.7 Å². The number of nitrogens with zero attached hydrogens (tertiary/aromatic N) is 2. The molecule has 0 N–H and O–H groups in total. The average molecular weight is 330 g/mol. The standard InChI is InChI=1S/C19H26N2O3/c1-15-7-8-17(24-15)9-10-18(22)20-11-13-21(14-12-20)19(23)16-5-3-2-4-6-16/h7-10,16H,2-6,11-14H2,1H3/b10-9+. The maximum atomic E-state index is 12.5. The average Bonchev–Trinajstić information content (AvgIpc) is 3.05. The normalized spacial score (nSPS) is 19.9. The smallest absolute Gasteiger partial charge is 0.246 e. The van der Waals surface area contributed by atoms with Crippen LogP contribution in [0.2, 0.25) is 0 Å². The van der Waals surface area contributed by atoms with Gasteiger partial charge in [0, 0.05) is 38.2 Å². The summed E-state index contributed by atoms with van der Waals surface area (Å²) in [6.07, 6.45) is 8.92. The molecule has 3 rings (SSSR count). The van der Waals surface area contributed by atoms with E-state index in [1.165, 1.54) is 19.3 Å². The summed E-state index contributed by atoms with van der Waals surface area (Å²) >= 11 is 0. The molecule has 1 aromatic rings. The molecule has 2 fully saturated rings. The van der Waals surface area contributed by atoms with E-state index in [2.05, 4.69) is 0 Å². The van der Waals surface area contributed by atoms with Gasteiger partial charge in [-0.1, -0.05) is 19.3 Å². The number of carbonyl (C=O) groups is 2. The van der Waals surface area contributed by atoms with E-state index < -0.39 is 0 Å². The maximum Gasteiger partial charge on any atom is 0.246 e. The summed E-state index contributed by atoms with van der Waals surface area (Å²) in [6, 6.07) is 3.72. The van der Waals surface area contributed by atoms with E-state index >= 15 is 0 Å². The number of hydrogen-bond acceptors (Lipinski definition) is 3. The quantitative estimate of drug-likeness (QED) is 0.801. The van der Waals surface area contributed by atoms with Gasteiger partial charge in [-0.3, -0.25) is 9.59 Å². The summed E-state index contributed by atoms with van der Waals surface area (Å²) in [5.74, 6) is 2.00. The topological polar surface area (TPSA) is 53.8 Å². The number of piperazine rings is 1. The molecule has 24 heavy (non-hydrogen) atoms. The van der Waals surface area contributed by atoms with Gasteiger partial charge in [0.1, 0.15) is 11.5 Å². The zero-order chi connectivity index (χ0) is 16.9. The van der Waals surface area contributed by atoms with E-state index in [0.717, 1.165) is 18.6 Å². The van der Waals surface area contributed by atoms with E-state index in [1.807, 2.05) is 24.0 Å². The summed E-state index contributed by atoms with van der Waals surface area (Å²) in [5.41, 5.74) is 0. The second-order valence-electron chi connectivity index (χ2n) is 6.77. The van der Waals surface area contributed by atoms with Gasteiger partial charge in [-0.05, 0) is 38.0 Å². The summed E-state index contributed by atoms with van der Waals surface area (Å²) in [7, 11) is 0. The lowest BCUT2D eigenvalue weighted by atomic mass is 9.88. The Kier molecular flexibility index (Phi) is 5.38. The molecule has 5 nitrogen and oxygen atoms in total. The minimum atomic E-state index is -0.0196. The van der Waals surface area contributed by atoms with Crippen LogP contribution in [0.1, 0.15) is 43.6 Å². The first-order valence-corrected chi connectivity index (χ1v) is 8.96. The number of hydrogen-bond donors (Lipinski definition) is 0. The molecular weight excluding hydrogens is 304 g/mol. The van der Waals surface area contributed by atoms with E-state index in [9.17, 15) is 9.59 Å². The van der Waals surface area contributed by atoms with Crippen LogP contribution in [0.3, 0.4) is 0 Å². The van der Waals surface area contributed by atoms with Gasteiger partial charge in [-0.25, -0.2) is 0 Å². The number of carbonyl (C=O) groups excluding carboxylic acids is 2. The fourth-order valence-corrected chi connectivity index (χ4v) is 3.56. The second kappa shape index (κ2) is 7.69. The Morgan fingerprint density at radius 2 is 1.71 bits per heavy atom. The van der Waals surface area contributed by atoms with Gasteiger partial charge in [0.15, 0.2) is 0 Å². The van der Waals surface area contributed by atoms with Crippen molar-refractivity contribution in [2.75, 3.05) is 26.2 Å². The molecule has 1 saturated heterocycles. The van der Waals surface area contributed by atoms with E-state index in [1.54, 1.807) is 17.1 Å². The summed E-state index contributed by atoms with van der Waals surface area (Å²) < 4.78 is 5.43. The highest BCUT2D eigenvalue weighted by molar-refractivity contribution is 5.91. The predicted octanol–water partition coefficient (Wildman–Crippen LogP) is 2.85. The molecule has 0 unspecified atom stereocenters. The van der Waals surface area contributed by atoms with Gasteiger partial charge in [-0.2, -0.15) is 0 Å². The fourth-order valence-electron chi connectivity index (χ4n) is 3.56. The summed E-state index contributed by atoms with van der Waals surface area (Å²) in [6.45, 7) is 4.39. The van der Waals surface area contributed by atoms with Gasteiger partial charge >= 0.3 is 0 Å². The first kappa shape index (κ1) is 16.8. The SMILES string of the molecule is Cc1ccc(/C=C/C(=O)N2CCN(C(=O)C3CCCCC3)CC2)o1. The third-order valence-electron chi connectivity index (χ3n) is 5.01. The minimum Gasteiger partial charge on any atom is -0.462 e. The highest BCUT2D eigenvalue weighted by atomic mass is 16.3. The maximum absolute atomic E-state index is 12.5. The molecule has 1 aliphatic carbocycles. The molecular formula is C19H26N2O3. The lowest BCUT2D eigenvalue weighted by Gasteiger charge is -2.36. The Morgan fingerprint density at radius 1 is 1.04 bits per heavy atom. The van der Waals surface area contributed by atoms with E-state index in [-0.39, 0.29) is 11.8 Å². The molecule has 1 aromatic heterocycles. The van der Waals surface area contributed by atoms with Gasteiger partial charge in [0.25, 0.3) is 0 Å². The fraction of sp³-hybridized carbons (Fsp3) is 0.579. The van der Waals surface area contributed by atoms with Crippen LogP contribution in [0, 0.1) is 12.8 Å². The number of rotatable bonds is 3. The van der Waals surface area contributed by atoms with Gasteiger partial charge in [0.2, 0.25) is 11.8 Å². The van der Waals surface area contributed by atoms with Crippen LogP contribution < -0.4 is 0 Å². The first-order chi connectivity index (χ1) is 11.6. The largest absolute Gasteiger partial charge is 0.462 e. The lowest BCUT2D eigenvalue weighted by Crippen LogP contribution is -2.51.